The number of halogens is 2. The van der Waals surface area contributed by atoms with Crippen molar-refractivity contribution in [2.45, 2.75) is 0 Å². The number of allylic oxidation sites excluding steroid dienone is 1. The monoisotopic (exact) mass is 369 g/mol. The summed E-state index contributed by atoms with van der Waals surface area (Å²) >= 11 is 0. The van der Waals surface area contributed by atoms with Crippen molar-refractivity contribution in [3.8, 4) is 6.07 Å². The average Bonchev–Trinajstić information content (AvgIpc) is 2.96. The highest BCUT2D eigenvalue weighted by Crippen LogP contribution is 2.22. The normalized spacial score (nSPS) is 11.8. The summed E-state index contributed by atoms with van der Waals surface area (Å²) in [5.41, 5.74) is 0.858. The van der Waals surface area contributed by atoms with E-state index in [1.807, 2.05) is 12.1 Å². The van der Waals surface area contributed by atoms with E-state index in [9.17, 15) is 23.9 Å². The molecule has 0 aliphatic carbocycles. The Bertz CT molecular complexity index is 1090. The first-order valence-electron chi connectivity index (χ1n) is 7.78. The van der Waals surface area contributed by atoms with Crippen molar-refractivity contribution >= 4 is 22.6 Å². The second-order valence-corrected chi connectivity index (χ2v) is 5.65. The van der Waals surface area contributed by atoms with Crippen molar-refractivity contribution in [1.82, 2.24) is 9.55 Å². The highest BCUT2D eigenvalue weighted by molar-refractivity contribution is 5.90. The Balaban J connectivity index is 1.86. The van der Waals surface area contributed by atoms with E-state index in [0.717, 1.165) is 17.6 Å². The van der Waals surface area contributed by atoms with Gasteiger partial charge in [0, 0.05) is 13.1 Å². The molecular formula is C19H13F2N3O3. The molecule has 1 heterocycles. The summed E-state index contributed by atoms with van der Waals surface area (Å²) in [6.07, 6.45) is 0. The molecule has 8 heteroatoms. The summed E-state index contributed by atoms with van der Waals surface area (Å²) < 4.78 is 32.8. The molecule has 1 N–H and O–H groups in total. The lowest BCUT2D eigenvalue weighted by Gasteiger charge is -2.07. The molecule has 27 heavy (non-hydrogen) atoms. The Labute approximate surface area is 152 Å². The maximum Gasteiger partial charge on any atom is 0.338 e. The van der Waals surface area contributed by atoms with Gasteiger partial charge in [0.05, 0.1) is 16.6 Å². The SMILES string of the molecule is Cn1c(/C(C#N)=C(\O)COC(=O)c2cc(F)cc(F)c2)nc2ccccc21. The van der Waals surface area contributed by atoms with Gasteiger partial charge in [-0.3, -0.25) is 0 Å². The maximum absolute atomic E-state index is 13.2. The van der Waals surface area contributed by atoms with E-state index in [0.29, 0.717) is 11.6 Å². The summed E-state index contributed by atoms with van der Waals surface area (Å²) in [6.45, 7) is -0.650. The molecule has 0 unspecified atom stereocenters. The van der Waals surface area contributed by atoms with E-state index in [1.54, 1.807) is 29.8 Å². The number of aromatic nitrogens is 2. The molecule has 3 aromatic rings. The minimum absolute atomic E-state index is 0.174. The first kappa shape index (κ1) is 18.1. The van der Waals surface area contributed by atoms with Crippen molar-refractivity contribution in [2.24, 2.45) is 7.05 Å². The number of hydrogen-bond donors (Lipinski definition) is 1. The Morgan fingerprint density at radius 1 is 1.26 bits per heavy atom. The van der Waals surface area contributed by atoms with Gasteiger partial charge in [-0.1, -0.05) is 12.1 Å². The van der Waals surface area contributed by atoms with Crippen LogP contribution in [0, 0.1) is 23.0 Å². The summed E-state index contributed by atoms with van der Waals surface area (Å²) in [6, 6.07) is 11.2. The maximum atomic E-state index is 13.2. The smallest absolute Gasteiger partial charge is 0.338 e. The van der Waals surface area contributed by atoms with Gasteiger partial charge in [-0.05, 0) is 24.3 Å². The number of hydrogen-bond acceptors (Lipinski definition) is 5. The van der Waals surface area contributed by atoms with Gasteiger partial charge in [0.2, 0.25) is 0 Å². The van der Waals surface area contributed by atoms with Crippen molar-refractivity contribution in [3.63, 3.8) is 0 Å². The van der Waals surface area contributed by atoms with E-state index < -0.39 is 30.0 Å². The fourth-order valence-corrected chi connectivity index (χ4v) is 2.57. The first-order valence-corrected chi connectivity index (χ1v) is 7.78. The van der Waals surface area contributed by atoms with Crippen LogP contribution in [0.1, 0.15) is 16.2 Å². The third kappa shape index (κ3) is 3.62. The van der Waals surface area contributed by atoms with Crippen molar-refractivity contribution in [3.05, 3.63) is 71.2 Å². The molecule has 0 radical (unpaired) electrons. The first-order chi connectivity index (χ1) is 12.9. The molecule has 6 nitrogen and oxygen atoms in total. The van der Waals surface area contributed by atoms with Crippen LogP contribution in [0.5, 0.6) is 0 Å². The van der Waals surface area contributed by atoms with Gasteiger partial charge in [0.15, 0.2) is 11.6 Å². The predicted octanol–water partition coefficient (Wildman–Crippen LogP) is 3.50. The summed E-state index contributed by atoms with van der Waals surface area (Å²) in [5, 5.41) is 19.6. The molecular weight excluding hydrogens is 356 g/mol. The van der Waals surface area contributed by atoms with E-state index in [-0.39, 0.29) is 17.0 Å². The van der Waals surface area contributed by atoms with Gasteiger partial charge < -0.3 is 14.4 Å². The second-order valence-electron chi connectivity index (χ2n) is 5.65. The number of nitriles is 1. The number of aliphatic hydroxyl groups is 1. The molecule has 0 saturated heterocycles. The van der Waals surface area contributed by atoms with E-state index in [1.165, 1.54) is 0 Å². The Kier molecular flexibility index (Phi) is 4.86. The standard InChI is InChI=1S/C19H13F2N3O3/c1-24-16-5-3-2-4-15(16)23-18(24)14(9-22)17(25)10-27-19(26)11-6-12(20)8-13(21)7-11/h2-8,25H,10H2,1H3/b17-14-. The van der Waals surface area contributed by atoms with Gasteiger partial charge in [0.1, 0.15) is 29.9 Å². The third-order valence-electron chi connectivity index (χ3n) is 3.85. The Hall–Kier alpha value is -3.73. The van der Waals surface area contributed by atoms with Gasteiger partial charge >= 0.3 is 5.97 Å². The minimum Gasteiger partial charge on any atom is -0.507 e. The van der Waals surface area contributed by atoms with Crippen molar-refractivity contribution < 1.29 is 23.4 Å². The molecule has 0 aliphatic heterocycles. The number of esters is 1. The quantitative estimate of drug-likeness (QED) is 0.432. The molecule has 0 atom stereocenters. The predicted molar refractivity (Wildman–Crippen MR) is 92.5 cm³/mol. The number of rotatable bonds is 4. The van der Waals surface area contributed by atoms with Crippen LogP contribution in [0.4, 0.5) is 8.78 Å². The second kappa shape index (κ2) is 7.25. The number of fused-ring (bicyclic) bond motifs is 1. The zero-order valence-corrected chi connectivity index (χ0v) is 14.1. The van der Waals surface area contributed by atoms with E-state index >= 15 is 0 Å². The molecule has 0 bridgehead atoms. The van der Waals surface area contributed by atoms with Crippen molar-refractivity contribution in [2.75, 3.05) is 6.61 Å². The molecule has 0 saturated carbocycles. The van der Waals surface area contributed by atoms with Crippen LogP contribution in [0.2, 0.25) is 0 Å². The van der Waals surface area contributed by atoms with Crippen LogP contribution in [-0.2, 0) is 11.8 Å². The Morgan fingerprint density at radius 3 is 2.56 bits per heavy atom. The summed E-state index contributed by atoms with van der Waals surface area (Å²) in [4.78, 5) is 16.2. The zero-order valence-electron chi connectivity index (χ0n) is 14.1. The fourth-order valence-electron chi connectivity index (χ4n) is 2.57. The van der Waals surface area contributed by atoms with Gasteiger partial charge in [-0.25, -0.2) is 18.6 Å². The number of imidazole rings is 1. The van der Waals surface area contributed by atoms with Crippen LogP contribution in [0.3, 0.4) is 0 Å². The van der Waals surface area contributed by atoms with Crippen molar-refractivity contribution in [1.29, 1.82) is 5.26 Å². The molecule has 0 fully saturated rings. The molecule has 0 amide bonds. The van der Waals surface area contributed by atoms with Crippen LogP contribution in [0.25, 0.3) is 16.6 Å². The lowest BCUT2D eigenvalue weighted by molar-refractivity contribution is 0.0501. The number of carbonyl (C=O) groups excluding carboxylic acids is 1. The van der Waals surface area contributed by atoms with Gasteiger partial charge in [-0.15, -0.1) is 0 Å². The van der Waals surface area contributed by atoms with E-state index in [2.05, 4.69) is 4.98 Å². The number of aryl methyl sites for hydroxylation is 1. The minimum atomic E-state index is -1.04. The number of para-hydroxylation sites is 2. The van der Waals surface area contributed by atoms with E-state index in [4.69, 9.17) is 4.74 Å². The Morgan fingerprint density at radius 2 is 1.93 bits per heavy atom. The van der Waals surface area contributed by atoms with Crippen LogP contribution in [0.15, 0.2) is 48.2 Å². The van der Waals surface area contributed by atoms with Gasteiger partial charge in [0.25, 0.3) is 0 Å². The van der Waals surface area contributed by atoms with Crippen LogP contribution < -0.4 is 0 Å². The van der Waals surface area contributed by atoms with Crippen LogP contribution in [-0.4, -0.2) is 27.2 Å². The number of ether oxygens (including phenoxy) is 1. The molecule has 1 aromatic heterocycles. The van der Waals surface area contributed by atoms with Crippen LogP contribution >= 0.6 is 0 Å². The largest absolute Gasteiger partial charge is 0.507 e. The van der Waals surface area contributed by atoms with Gasteiger partial charge in [-0.2, -0.15) is 5.26 Å². The number of benzene rings is 2. The molecule has 0 spiro atoms. The number of nitrogens with zero attached hydrogens (tertiary/aromatic N) is 3. The lowest BCUT2D eigenvalue weighted by Crippen LogP contribution is -2.10. The number of carbonyl (C=O) groups is 1. The average molecular weight is 369 g/mol. The summed E-state index contributed by atoms with van der Waals surface area (Å²) in [7, 11) is 1.68. The third-order valence-corrected chi connectivity index (χ3v) is 3.85. The molecule has 0 aliphatic rings. The molecule has 136 valence electrons. The summed E-state index contributed by atoms with van der Waals surface area (Å²) in [5.74, 6) is -3.23. The molecule has 2 aromatic carbocycles. The fraction of sp³-hybridized carbons (Fsp3) is 0.105. The number of aliphatic hydroxyl groups excluding tert-OH is 1. The molecule has 3 rings (SSSR count). The highest BCUT2D eigenvalue weighted by atomic mass is 19.1. The lowest BCUT2D eigenvalue weighted by atomic mass is 10.2. The highest BCUT2D eigenvalue weighted by Gasteiger charge is 2.18. The zero-order chi connectivity index (χ0) is 19.6. The topological polar surface area (TPSA) is 88.1 Å².